The number of hydrogen-bond acceptors (Lipinski definition) is 6. The molecule has 1 heterocycles. The van der Waals surface area contributed by atoms with E-state index in [-0.39, 0.29) is 17.7 Å². The van der Waals surface area contributed by atoms with Gasteiger partial charge in [0.1, 0.15) is 5.82 Å². The van der Waals surface area contributed by atoms with Crippen LogP contribution in [0.4, 0.5) is 5.82 Å². The molecular weight excluding hydrogens is 392 g/mol. The first-order chi connectivity index (χ1) is 13.7. The number of anilines is 1. The normalized spacial score (nSPS) is 11.8. The maximum atomic E-state index is 12.6. The van der Waals surface area contributed by atoms with E-state index >= 15 is 0 Å². The van der Waals surface area contributed by atoms with Crippen LogP contribution in [-0.2, 0) is 14.3 Å². The monoisotopic (exact) mass is 418 g/mol. The third-order valence-electron chi connectivity index (χ3n) is 4.02. The van der Waals surface area contributed by atoms with E-state index in [0.717, 1.165) is 0 Å². The first-order valence-electron chi connectivity index (χ1n) is 9.18. The molecule has 0 aliphatic rings. The van der Waals surface area contributed by atoms with Gasteiger partial charge in [0.05, 0.1) is 17.5 Å². The van der Waals surface area contributed by atoms with E-state index in [0.29, 0.717) is 16.3 Å². The van der Waals surface area contributed by atoms with Crippen LogP contribution in [0, 0.1) is 0 Å². The first kappa shape index (κ1) is 22.5. The number of rotatable bonds is 8. The summed E-state index contributed by atoms with van der Waals surface area (Å²) in [5, 5.41) is 6.88. The summed E-state index contributed by atoms with van der Waals surface area (Å²) < 4.78 is 7.02. The lowest BCUT2D eigenvalue weighted by molar-refractivity contribution is -0.126. The molecule has 0 spiro atoms. The molecule has 0 fully saturated rings. The van der Waals surface area contributed by atoms with Crippen molar-refractivity contribution < 1.29 is 19.1 Å². The summed E-state index contributed by atoms with van der Waals surface area (Å²) in [4.78, 5) is 39.0. The molecule has 0 bridgehead atoms. The number of nitrogens with zero attached hydrogens (tertiary/aromatic N) is 3. The second kappa shape index (κ2) is 10.1. The highest BCUT2D eigenvalue weighted by molar-refractivity contribution is 8.00. The topological polar surface area (TPSA) is 93.5 Å². The van der Waals surface area contributed by atoms with E-state index in [9.17, 15) is 14.4 Å². The Kier molecular flexibility index (Phi) is 7.83. The molecule has 2 aromatic rings. The van der Waals surface area contributed by atoms with Crippen LogP contribution in [0.5, 0.6) is 0 Å². The van der Waals surface area contributed by atoms with Crippen molar-refractivity contribution in [1.29, 1.82) is 0 Å². The van der Waals surface area contributed by atoms with Crippen molar-refractivity contribution >= 4 is 35.4 Å². The molecular formula is C20H26N4O4S. The molecule has 1 atom stereocenters. The van der Waals surface area contributed by atoms with Crippen LogP contribution in [-0.4, -0.2) is 58.4 Å². The predicted octanol–water partition coefficient (Wildman–Crippen LogP) is 2.83. The van der Waals surface area contributed by atoms with Crippen LogP contribution in [0.3, 0.4) is 0 Å². The molecule has 0 aliphatic carbocycles. The van der Waals surface area contributed by atoms with Crippen LogP contribution >= 0.6 is 11.8 Å². The second-order valence-corrected chi connectivity index (χ2v) is 7.88. The Balaban J connectivity index is 2.03. The molecule has 1 aromatic heterocycles. The van der Waals surface area contributed by atoms with E-state index in [4.69, 9.17) is 4.74 Å². The molecule has 0 saturated carbocycles. The average molecular weight is 419 g/mol. The maximum Gasteiger partial charge on any atom is 0.340 e. The van der Waals surface area contributed by atoms with Gasteiger partial charge in [0.2, 0.25) is 5.91 Å². The smallest absolute Gasteiger partial charge is 0.340 e. The van der Waals surface area contributed by atoms with Crippen molar-refractivity contribution in [2.45, 2.75) is 37.8 Å². The molecule has 0 radical (unpaired) electrons. The quantitative estimate of drug-likeness (QED) is 0.523. The lowest BCUT2D eigenvalue weighted by Gasteiger charge is -2.16. The molecule has 0 aliphatic heterocycles. The Labute approximate surface area is 174 Å². The largest absolute Gasteiger partial charge is 0.449 e. The Bertz CT molecular complexity index is 879. The van der Waals surface area contributed by atoms with E-state index in [2.05, 4.69) is 10.4 Å². The molecule has 1 N–H and O–H groups in total. The second-order valence-electron chi connectivity index (χ2n) is 6.86. The van der Waals surface area contributed by atoms with Crippen molar-refractivity contribution in [3.8, 4) is 0 Å². The molecule has 2 rings (SSSR count). The highest BCUT2D eigenvalue weighted by Gasteiger charge is 2.22. The molecule has 1 aromatic carbocycles. The van der Waals surface area contributed by atoms with Gasteiger partial charge in [-0.2, -0.15) is 5.10 Å². The van der Waals surface area contributed by atoms with Gasteiger partial charge in [-0.15, -0.1) is 11.8 Å². The van der Waals surface area contributed by atoms with E-state index < -0.39 is 18.0 Å². The summed E-state index contributed by atoms with van der Waals surface area (Å²) in [5.41, 5.74) is 0.316. The fourth-order valence-electron chi connectivity index (χ4n) is 2.36. The van der Waals surface area contributed by atoms with Gasteiger partial charge < -0.3 is 15.0 Å². The number of benzene rings is 1. The number of ether oxygens (including phenoxy) is 1. The van der Waals surface area contributed by atoms with Gasteiger partial charge >= 0.3 is 5.97 Å². The van der Waals surface area contributed by atoms with Gasteiger partial charge in [-0.25, -0.2) is 9.48 Å². The summed E-state index contributed by atoms with van der Waals surface area (Å²) in [6.45, 7) is 5.40. The molecule has 8 nitrogen and oxygen atoms in total. The highest BCUT2D eigenvalue weighted by Crippen LogP contribution is 2.24. The van der Waals surface area contributed by atoms with Gasteiger partial charge in [-0.05, 0) is 32.9 Å². The molecule has 156 valence electrons. The average Bonchev–Trinajstić information content (AvgIpc) is 3.14. The van der Waals surface area contributed by atoms with Gasteiger partial charge in [0.25, 0.3) is 5.91 Å². The third-order valence-corrected chi connectivity index (χ3v) is 5.08. The zero-order chi connectivity index (χ0) is 21.6. The zero-order valence-corrected chi connectivity index (χ0v) is 18.0. The Morgan fingerprint density at radius 2 is 1.86 bits per heavy atom. The lowest BCUT2D eigenvalue weighted by Crippen LogP contribution is -2.31. The number of carbonyl (C=O) groups excluding carboxylic acids is 3. The van der Waals surface area contributed by atoms with E-state index in [1.807, 2.05) is 13.8 Å². The number of thioether (sulfide) groups is 1. The first-order valence-corrected chi connectivity index (χ1v) is 10.2. The molecule has 0 saturated heterocycles. The van der Waals surface area contributed by atoms with Crippen molar-refractivity contribution in [3.63, 3.8) is 0 Å². The number of amides is 2. The summed E-state index contributed by atoms with van der Waals surface area (Å²) in [6.07, 6.45) is 0.592. The lowest BCUT2D eigenvalue weighted by atomic mass is 10.2. The Morgan fingerprint density at radius 3 is 2.52 bits per heavy atom. The minimum Gasteiger partial charge on any atom is -0.449 e. The third kappa shape index (κ3) is 6.08. The van der Waals surface area contributed by atoms with Crippen LogP contribution in [0.25, 0.3) is 0 Å². The van der Waals surface area contributed by atoms with Crippen molar-refractivity contribution in [1.82, 2.24) is 14.7 Å². The zero-order valence-electron chi connectivity index (χ0n) is 17.2. The fraction of sp³-hybridized carbons (Fsp3) is 0.400. The van der Waals surface area contributed by atoms with Crippen LogP contribution in [0.1, 0.15) is 37.2 Å². The molecule has 29 heavy (non-hydrogen) atoms. The summed E-state index contributed by atoms with van der Waals surface area (Å²) in [7, 11) is 3.35. The van der Waals surface area contributed by atoms with Gasteiger partial charge in [0, 0.05) is 31.1 Å². The predicted molar refractivity (Wildman–Crippen MR) is 112 cm³/mol. The van der Waals surface area contributed by atoms with Gasteiger partial charge in [-0.1, -0.05) is 12.1 Å². The highest BCUT2D eigenvalue weighted by atomic mass is 32.2. The minimum atomic E-state index is -1.00. The fourth-order valence-corrected chi connectivity index (χ4v) is 3.38. The van der Waals surface area contributed by atoms with Gasteiger partial charge in [0.15, 0.2) is 6.10 Å². The maximum absolute atomic E-state index is 12.6. The number of hydrogen-bond donors (Lipinski definition) is 1. The van der Waals surface area contributed by atoms with Crippen molar-refractivity contribution in [3.05, 3.63) is 42.1 Å². The molecule has 2 amide bonds. The minimum absolute atomic E-state index is 0.0623. The van der Waals surface area contributed by atoms with Crippen LogP contribution < -0.4 is 5.32 Å². The van der Waals surface area contributed by atoms with Crippen molar-refractivity contribution in [2.75, 3.05) is 25.2 Å². The number of aromatic nitrogens is 2. The summed E-state index contributed by atoms with van der Waals surface area (Å²) in [6, 6.07) is 8.61. The summed E-state index contributed by atoms with van der Waals surface area (Å²) >= 11 is 1.25. The standard InChI is InChI=1S/C20H26N4O4S/c1-13(2)24-17(10-11-21-24)22-19(26)14(3)28-20(27)15-8-6-7-9-16(15)29-12-18(25)23(4)5/h6-11,13-14H,12H2,1-5H3,(H,22,26)/t14-/m0/s1. The van der Waals surface area contributed by atoms with Crippen LogP contribution in [0.15, 0.2) is 41.4 Å². The van der Waals surface area contributed by atoms with E-state index in [1.54, 1.807) is 55.3 Å². The number of carbonyl (C=O) groups is 3. The summed E-state index contributed by atoms with van der Waals surface area (Å²) in [5.74, 6) is -0.398. The number of esters is 1. The Hall–Kier alpha value is -2.81. The molecule has 0 unspecified atom stereocenters. The molecule has 9 heteroatoms. The number of nitrogens with one attached hydrogen (secondary N) is 1. The van der Waals surface area contributed by atoms with E-state index in [1.165, 1.54) is 23.6 Å². The SMILES string of the molecule is CC(C)n1nccc1NC(=O)[C@H](C)OC(=O)c1ccccc1SCC(=O)N(C)C. The Morgan fingerprint density at radius 1 is 1.17 bits per heavy atom. The van der Waals surface area contributed by atoms with Crippen molar-refractivity contribution in [2.24, 2.45) is 0 Å². The van der Waals surface area contributed by atoms with Crippen LogP contribution in [0.2, 0.25) is 0 Å². The van der Waals surface area contributed by atoms with Gasteiger partial charge in [-0.3, -0.25) is 9.59 Å².